The van der Waals surface area contributed by atoms with E-state index in [1.54, 1.807) is 6.08 Å². The van der Waals surface area contributed by atoms with E-state index in [-0.39, 0.29) is 0 Å². The summed E-state index contributed by atoms with van der Waals surface area (Å²) in [5, 5.41) is 6.77. The van der Waals surface area contributed by atoms with Gasteiger partial charge in [0.15, 0.2) is 5.11 Å². The third kappa shape index (κ3) is 5.31. The van der Waals surface area contributed by atoms with Crippen LogP contribution in [0.5, 0.6) is 0 Å². The lowest BCUT2D eigenvalue weighted by molar-refractivity contribution is 0.444. The van der Waals surface area contributed by atoms with Crippen LogP contribution in [-0.2, 0) is 0 Å². The third-order valence-electron chi connectivity index (χ3n) is 5.41. The Kier molecular flexibility index (Phi) is 6.88. The molecule has 2 atom stereocenters. The number of rotatable bonds is 5. The van der Waals surface area contributed by atoms with Crippen molar-refractivity contribution >= 4 is 34.9 Å². The van der Waals surface area contributed by atoms with Gasteiger partial charge in [-0.15, -0.1) is 6.58 Å². The summed E-state index contributed by atoms with van der Waals surface area (Å²) in [5.41, 5.74) is 0. The third-order valence-corrected chi connectivity index (χ3v) is 5.66. The van der Waals surface area contributed by atoms with Gasteiger partial charge in [-0.05, 0) is 57.2 Å². The van der Waals surface area contributed by atoms with Gasteiger partial charge in [0.25, 0.3) is 0 Å². The van der Waals surface area contributed by atoms with Crippen molar-refractivity contribution in [1.82, 2.24) is 15.3 Å². The van der Waals surface area contributed by atoms with Gasteiger partial charge in [-0.1, -0.05) is 13.0 Å². The van der Waals surface area contributed by atoms with Gasteiger partial charge in [0.05, 0.1) is 0 Å². The Bertz CT molecular complexity index is 664. The maximum Gasteiger partial charge on any atom is 0.232 e. The highest BCUT2D eigenvalue weighted by Gasteiger charge is 2.24. The fourth-order valence-electron chi connectivity index (χ4n) is 3.93. The zero-order valence-corrected chi connectivity index (χ0v) is 17.4. The van der Waals surface area contributed by atoms with Crippen molar-refractivity contribution in [2.24, 2.45) is 5.92 Å². The summed E-state index contributed by atoms with van der Waals surface area (Å²) in [6.07, 6.45) is 8.00. The SMILES string of the molecule is C=CCNC(=S)Nc1nc(N2CCC[C@@H](C)C2)cc(N2CCCC[C@H]2C)n1. The first kappa shape index (κ1) is 19.9. The maximum atomic E-state index is 5.37. The van der Waals surface area contributed by atoms with E-state index in [9.17, 15) is 0 Å². The first-order chi connectivity index (χ1) is 13.1. The van der Waals surface area contributed by atoms with Crippen molar-refractivity contribution in [1.29, 1.82) is 0 Å². The first-order valence-corrected chi connectivity index (χ1v) is 10.5. The second-order valence-electron chi connectivity index (χ2n) is 7.76. The summed E-state index contributed by atoms with van der Waals surface area (Å²) in [7, 11) is 0. The number of hydrogen-bond acceptors (Lipinski definition) is 5. The van der Waals surface area contributed by atoms with Crippen molar-refractivity contribution in [2.75, 3.05) is 41.3 Å². The first-order valence-electron chi connectivity index (χ1n) is 10.1. The van der Waals surface area contributed by atoms with E-state index in [1.165, 1.54) is 32.1 Å². The van der Waals surface area contributed by atoms with Crippen LogP contribution in [0, 0.1) is 5.92 Å². The molecule has 0 spiro atoms. The second-order valence-corrected chi connectivity index (χ2v) is 8.17. The lowest BCUT2D eigenvalue weighted by Crippen LogP contribution is -2.39. The van der Waals surface area contributed by atoms with Crippen molar-refractivity contribution in [3.8, 4) is 0 Å². The molecule has 3 heterocycles. The molecule has 7 heteroatoms. The minimum atomic E-state index is 0.500. The van der Waals surface area contributed by atoms with E-state index in [2.05, 4.69) is 46.9 Å². The molecule has 2 fully saturated rings. The normalized spacial score (nSPS) is 23.0. The molecular formula is C20H32N6S. The number of nitrogens with one attached hydrogen (secondary N) is 2. The average Bonchev–Trinajstić information content (AvgIpc) is 2.66. The maximum absolute atomic E-state index is 5.37. The average molecular weight is 389 g/mol. The molecule has 0 unspecified atom stereocenters. The molecule has 3 rings (SSSR count). The van der Waals surface area contributed by atoms with E-state index >= 15 is 0 Å². The molecule has 2 saturated heterocycles. The van der Waals surface area contributed by atoms with E-state index in [0.717, 1.165) is 31.3 Å². The topological polar surface area (TPSA) is 56.3 Å². The van der Waals surface area contributed by atoms with Crippen LogP contribution in [0.15, 0.2) is 18.7 Å². The smallest absolute Gasteiger partial charge is 0.232 e. The Hall–Kier alpha value is -1.89. The fraction of sp³-hybridized carbons (Fsp3) is 0.650. The summed E-state index contributed by atoms with van der Waals surface area (Å²) in [6, 6.07) is 2.66. The Morgan fingerprint density at radius 3 is 2.78 bits per heavy atom. The van der Waals surface area contributed by atoms with Crippen molar-refractivity contribution in [3.05, 3.63) is 18.7 Å². The van der Waals surface area contributed by atoms with Gasteiger partial charge >= 0.3 is 0 Å². The lowest BCUT2D eigenvalue weighted by Gasteiger charge is -2.36. The number of aromatic nitrogens is 2. The molecule has 0 saturated carbocycles. The van der Waals surface area contributed by atoms with Gasteiger partial charge in [-0.2, -0.15) is 9.97 Å². The predicted molar refractivity (Wildman–Crippen MR) is 118 cm³/mol. The van der Waals surface area contributed by atoms with Crippen LogP contribution >= 0.6 is 12.2 Å². The zero-order chi connectivity index (χ0) is 19.2. The zero-order valence-electron chi connectivity index (χ0n) is 16.6. The Labute approximate surface area is 168 Å². The number of piperidine rings is 2. The number of hydrogen-bond donors (Lipinski definition) is 2. The molecular weight excluding hydrogens is 356 g/mol. The number of nitrogens with zero attached hydrogens (tertiary/aromatic N) is 4. The van der Waals surface area contributed by atoms with Crippen LogP contribution < -0.4 is 20.4 Å². The Morgan fingerprint density at radius 2 is 2.04 bits per heavy atom. The molecule has 2 aliphatic heterocycles. The summed E-state index contributed by atoms with van der Waals surface area (Å²) >= 11 is 5.37. The molecule has 0 amide bonds. The molecule has 2 aliphatic rings. The van der Waals surface area contributed by atoms with E-state index in [1.807, 2.05) is 0 Å². The van der Waals surface area contributed by atoms with E-state index < -0.39 is 0 Å². The van der Waals surface area contributed by atoms with Crippen molar-refractivity contribution in [3.63, 3.8) is 0 Å². The quantitative estimate of drug-likeness (QED) is 0.591. The Balaban J connectivity index is 1.87. The van der Waals surface area contributed by atoms with Crippen LogP contribution in [0.25, 0.3) is 0 Å². The molecule has 1 aromatic rings. The molecule has 1 aromatic heterocycles. The highest BCUT2D eigenvalue weighted by atomic mass is 32.1. The molecule has 0 bridgehead atoms. The molecule has 27 heavy (non-hydrogen) atoms. The summed E-state index contributed by atoms with van der Waals surface area (Å²) < 4.78 is 0. The second kappa shape index (κ2) is 9.35. The molecule has 2 N–H and O–H groups in total. The minimum Gasteiger partial charge on any atom is -0.359 e. The number of anilines is 3. The Morgan fingerprint density at radius 1 is 1.22 bits per heavy atom. The summed E-state index contributed by atoms with van der Waals surface area (Å²) in [4.78, 5) is 14.4. The standard InChI is InChI=1S/C20H32N6S/c1-4-10-21-20(27)24-19-22-17(25-11-7-8-15(2)14-25)13-18(23-19)26-12-6-5-9-16(26)3/h4,13,15-16H,1,5-12,14H2,2-3H3,(H2,21,22,23,24,27)/t15-,16-/m1/s1. The molecule has 0 aliphatic carbocycles. The van der Waals surface area contributed by atoms with E-state index in [0.29, 0.717) is 29.6 Å². The van der Waals surface area contributed by atoms with Crippen LogP contribution in [-0.4, -0.2) is 47.3 Å². The molecule has 148 valence electrons. The largest absolute Gasteiger partial charge is 0.359 e. The van der Waals surface area contributed by atoms with E-state index in [4.69, 9.17) is 22.2 Å². The molecule has 0 aromatic carbocycles. The molecule has 6 nitrogen and oxygen atoms in total. The monoisotopic (exact) mass is 388 g/mol. The van der Waals surface area contributed by atoms with Gasteiger partial charge < -0.3 is 20.4 Å². The van der Waals surface area contributed by atoms with Crippen LogP contribution in [0.2, 0.25) is 0 Å². The van der Waals surface area contributed by atoms with Crippen LogP contribution in [0.1, 0.15) is 46.0 Å². The summed E-state index contributed by atoms with van der Waals surface area (Å²) in [5.74, 6) is 3.26. The van der Waals surface area contributed by atoms with Crippen LogP contribution in [0.4, 0.5) is 17.6 Å². The van der Waals surface area contributed by atoms with Crippen molar-refractivity contribution in [2.45, 2.75) is 52.0 Å². The van der Waals surface area contributed by atoms with Gasteiger partial charge in [0, 0.05) is 38.3 Å². The van der Waals surface area contributed by atoms with Gasteiger partial charge in [-0.25, -0.2) is 0 Å². The summed E-state index contributed by atoms with van der Waals surface area (Å²) in [6.45, 7) is 12.1. The van der Waals surface area contributed by atoms with Crippen molar-refractivity contribution < 1.29 is 0 Å². The van der Waals surface area contributed by atoms with Gasteiger partial charge in [0.1, 0.15) is 11.6 Å². The highest BCUT2D eigenvalue weighted by Crippen LogP contribution is 2.29. The number of thiocarbonyl (C=S) groups is 1. The predicted octanol–water partition coefficient (Wildman–Crippen LogP) is 3.56. The fourth-order valence-corrected chi connectivity index (χ4v) is 4.11. The van der Waals surface area contributed by atoms with Crippen LogP contribution in [0.3, 0.4) is 0 Å². The highest BCUT2D eigenvalue weighted by molar-refractivity contribution is 7.80. The molecule has 0 radical (unpaired) electrons. The minimum absolute atomic E-state index is 0.500. The van der Waals surface area contributed by atoms with Gasteiger partial charge in [-0.3, -0.25) is 0 Å². The van der Waals surface area contributed by atoms with Gasteiger partial charge in [0.2, 0.25) is 5.95 Å². The lowest BCUT2D eigenvalue weighted by atomic mass is 10.0.